The van der Waals surface area contributed by atoms with E-state index in [1.165, 1.54) is 19.1 Å². The van der Waals surface area contributed by atoms with Crippen LogP contribution in [0, 0.1) is 18.2 Å². The number of ether oxygens (including phenoxy) is 2. The number of nitrogens with two attached hydrogens (primary N) is 1. The maximum atomic E-state index is 13.9. The van der Waals surface area contributed by atoms with Crippen LogP contribution >= 0.6 is 7.82 Å². The molecule has 4 N–H and O–H groups in total. The number of carbonyl (C=O) groups excluding carboxylic acids is 1. The van der Waals surface area contributed by atoms with Gasteiger partial charge in [0, 0.05) is 0 Å². The highest BCUT2D eigenvalue weighted by molar-refractivity contribution is 7.49. The third kappa shape index (κ3) is 6.39. The SMILES string of the molecule is C#CC1(N)[C@@H](O)[C@@H](COP(=O)(Oc2ccccc2)O[C@@H](C)C(=O)OC(C)C)O[C@H]1n1cc(F)c(=O)[nH]c1=O. The van der Waals surface area contributed by atoms with Crippen LogP contribution in [0.15, 0.2) is 46.1 Å². The van der Waals surface area contributed by atoms with E-state index in [2.05, 4.69) is 5.92 Å². The van der Waals surface area contributed by atoms with E-state index in [1.807, 2.05) is 0 Å². The molecule has 1 saturated heterocycles. The average molecular weight is 555 g/mol. The molecule has 0 aliphatic carbocycles. The number of phosphoric acid groups is 1. The number of phosphoric ester groups is 1. The lowest BCUT2D eigenvalue weighted by Crippen LogP contribution is -2.55. The highest BCUT2D eigenvalue weighted by atomic mass is 31.2. The Morgan fingerprint density at radius 1 is 1.34 bits per heavy atom. The molecular weight excluding hydrogens is 528 g/mol. The van der Waals surface area contributed by atoms with E-state index in [1.54, 1.807) is 37.0 Å². The number of rotatable bonds is 10. The van der Waals surface area contributed by atoms with E-state index in [-0.39, 0.29) is 5.75 Å². The first kappa shape index (κ1) is 29.2. The molecule has 2 aromatic rings. The molecule has 3 rings (SSSR count). The van der Waals surface area contributed by atoms with Gasteiger partial charge in [-0.15, -0.1) is 6.42 Å². The van der Waals surface area contributed by atoms with E-state index in [0.29, 0.717) is 10.8 Å². The zero-order valence-corrected chi connectivity index (χ0v) is 21.5. The van der Waals surface area contributed by atoms with Gasteiger partial charge in [-0.1, -0.05) is 24.1 Å². The maximum absolute atomic E-state index is 13.9. The molecule has 2 heterocycles. The summed E-state index contributed by atoms with van der Waals surface area (Å²) in [5.41, 5.74) is 1.62. The number of hydrogen-bond donors (Lipinski definition) is 3. The molecule has 1 fully saturated rings. The van der Waals surface area contributed by atoms with Crippen molar-refractivity contribution >= 4 is 13.8 Å². The van der Waals surface area contributed by atoms with Crippen LogP contribution in [0.5, 0.6) is 5.75 Å². The molecule has 1 aliphatic rings. The predicted molar refractivity (Wildman–Crippen MR) is 129 cm³/mol. The third-order valence-electron chi connectivity index (χ3n) is 5.31. The van der Waals surface area contributed by atoms with Gasteiger partial charge in [0.1, 0.15) is 18.0 Å². The minimum atomic E-state index is -4.60. The average Bonchev–Trinajstić information content (AvgIpc) is 3.10. The van der Waals surface area contributed by atoms with Crippen molar-refractivity contribution in [3.05, 3.63) is 63.2 Å². The Hall–Kier alpha value is -3.31. The number of hydrogen-bond acceptors (Lipinski definition) is 11. The maximum Gasteiger partial charge on any atom is 0.530 e. The van der Waals surface area contributed by atoms with Crippen LogP contribution in [0.2, 0.25) is 0 Å². The molecule has 0 radical (unpaired) electrons. The number of benzene rings is 1. The fourth-order valence-corrected chi connectivity index (χ4v) is 4.78. The Labute approximate surface area is 216 Å². The monoisotopic (exact) mass is 555 g/mol. The molecule has 0 bridgehead atoms. The van der Waals surface area contributed by atoms with Crippen LogP contribution in [-0.2, 0) is 27.9 Å². The standard InChI is InChI=1S/C23H27FN3O10P/c1-5-23(25)18(28)17(35-21(23)27-11-16(24)19(29)26-22(27)31)12-33-38(32,37-15-9-7-6-8-10-15)36-14(4)20(30)34-13(2)3/h1,6-11,13-14,17-18,21,28H,12,25H2,2-4H3,(H,26,29,31)/t14-,17+,18-,21+,23?,38?/m0/s1. The quantitative estimate of drug-likeness (QED) is 0.215. The minimum absolute atomic E-state index is 0.0677. The molecule has 206 valence electrons. The summed E-state index contributed by atoms with van der Waals surface area (Å²) in [4.78, 5) is 37.6. The molecule has 0 spiro atoms. The topological polar surface area (TPSA) is 181 Å². The minimum Gasteiger partial charge on any atom is -0.461 e. The number of aliphatic hydroxyl groups is 1. The van der Waals surface area contributed by atoms with Gasteiger partial charge in [-0.2, -0.15) is 4.39 Å². The Morgan fingerprint density at radius 3 is 2.61 bits per heavy atom. The molecule has 1 aromatic heterocycles. The van der Waals surface area contributed by atoms with Gasteiger partial charge >= 0.3 is 19.5 Å². The summed E-state index contributed by atoms with van der Waals surface area (Å²) in [5.74, 6) is 0.00303. The largest absolute Gasteiger partial charge is 0.530 e. The second kappa shape index (κ2) is 11.6. The fourth-order valence-electron chi connectivity index (χ4n) is 3.44. The number of aromatic nitrogens is 2. The zero-order valence-electron chi connectivity index (χ0n) is 20.6. The summed E-state index contributed by atoms with van der Waals surface area (Å²) in [6.45, 7) is 3.77. The first-order valence-electron chi connectivity index (χ1n) is 11.3. The van der Waals surface area contributed by atoms with Crippen LogP contribution in [0.4, 0.5) is 4.39 Å². The van der Waals surface area contributed by atoms with Gasteiger partial charge in [-0.3, -0.25) is 23.4 Å². The molecule has 1 aromatic carbocycles. The number of halogens is 1. The third-order valence-corrected chi connectivity index (χ3v) is 6.78. The van der Waals surface area contributed by atoms with Gasteiger partial charge in [-0.25, -0.2) is 14.2 Å². The first-order chi connectivity index (χ1) is 17.8. The number of H-pyrrole nitrogens is 1. The summed E-state index contributed by atoms with van der Waals surface area (Å²) in [5, 5.41) is 10.8. The predicted octanol–water partition coefficient (Wildman–Crippen LogP) is 0.825. The van der Waals surface area contributed by atoms with Crippen LogP contribution in [0.3, 0.4) is 0 Å². The molecule has 6 atom stereocenters. The summed E-state index contributed by atoms with van der Waals surface area (Å²) in [6, 6.07) is 7.75. The number of aliphatic hydroxyl groups excluding tert-OH is 1. The smallest absolute Gasteiger partial charge is 0.461 e. The molecule has 13 nitrogen and oxygen atoms in total. The van der Waals surface area contributed by atoms with Crippen molar-refractivity contribution < 1.29 is 41.9 Å². The fraction of sp³-hybridized carbons (Fsp3) is 0.435. The van der Waals surface area contributed by atoms with Crippen molar-refractivity contribution in [2.45, 2.75) is 57.0 Å². The van der Waals surface area contributed by atoms with Crippen LogP contribution in [0.1, 0.15) is 27.0 Å². The molecule has 0 amide bonds. The lowest BCUT2D eigenvalue weighted by molar-refractivity contribution is -0.156. The summed E-state index contributed by atoms with van der Waals surface area (Å²) in [6.07, 6.45) is -0.705. The summed E-state index contributed by atoms with van der Waals surface area (Å²) in [7, 11) is -4.60. The number of esters is 1. The van der Waals surface area contributed by atoms with Crippen LogP contribution in [-0.4, -0.2) is 57.2 Å². The van der Waals surface area contributed by atoms with Crippen molar-refractivity contribution in [2.75, 3.05) is 6.61 Å². The van der Waals surface area contributed by atoms with Gasteiger partial charge < -0.3 is 24.8 Å². The molecule has 15 heteroatoms. The Morgan fingerprint density at radius 2 is 2.00 bits per heavy atom. The van der Waals surface area contributed by atoms with Gasteiger partial charge in [0.05, 0.1) is 18.9 Å². The van der Waals surface area contributed by atoms with Crippen molar-refractivity contribution in [1.82, 2.24) is 9.55 Å². The Balaban J connectivity index is 1.86. The number of carbonyl (C=O) groups is 1. The number of nitrogens with one attached hydrogen (secondary N) is 1. The van der Waals surface area contributed by atoms with Crippen molar-refractivity contribution in [1.29, 1.82) is 0 Å². The number of para-hydroxylation sites is 1. The number of terminal acetylenes is 1. The molecule has 2 unspecified atom stereocenters. The highest BCUT2D eigenvalue weighted by Crippen LogP contribution is 2.51. The van der Waals surface area contributed by atoms with Gasteiger partial charge in [0.2, 0.25) is 5.82 Å². The van der Waals surface area contributed by atoms with Gasteiger partial charge in [0.25, 0.3) is 5.56 Å². The van der Waals surface area contributed by atoms with E-state index in [9.17, 15) is 28.4 Å². The van der Waals surface area contributed by atoms with Gasteiger partial charge in [0.15, 0.2) is 17.9 Å². The Bertz CT molecular complexity index is 1360. The highest BCUT2D eigenvalue weighted by Gasteiger charge is 2.55. The summed E-state index contributed by atoms with van der Waals surface area (Å²) >= 11 is 0. The number of aromatic amines is 1. The summed E-state index contributed by atoms with van der Waals surface area (Å²) < 4.78 is 54.8. The molecule has 38 heavy (non-hydrogen) atoms. The second-order valence-electron chi connectivity index (χ2n) is 8.57. The lowest BCUT2D eigenvalue weighted by atomic mass is 9.92. The van der Waals surface area contributed by atoms with E-state index >= 15 is 0 Å². The normalized spacial score (nSPS) is 25.4. The van der Waals surface area contributed by atoms with Crippen molar-refractivity contribution in [3.8, 4) is 18.1 Å². The van der Waals surface area contributed by atoms with E-state index in [0.717, 1.165) is 0 Å². The van der Waals surface area contributed by atoms with E-state index < -0.39 is 73.6 Å². The van der Waals surface area contributed by atoms with Crippen molar-refractivity contribution in [3.63, 3.8) is 0 Å². The van der Waals surface area contributed by atoms with Crippen LogP contribution in [0.25, 0.3) is 0 Å². The lowest BCUT2D eigenvalue weighted by Gasteiger charge is -2.27. The molecular formula is C23H27FN3O10P. The first-order valence-corrected chi connectivity index (χ1v) is 12.7. The Kier molecular flexibility index (Phi) is 8.94. The van der Waals surface area contributed by atoms with E-state index in [4.69, 9.17) is 35.2 Å². The second-order valence-corrected chi connectivity index (χ2v) is 10.1. The van der Waals surface area contributed by atoms with Crippen molar-refractivity contribution in [2.24, 2.45) is 5.73 Å². The van der Waals surface area contributed by atoms with Crippen LogP contribution < -0.4 is 21.5 Å². The zero-order chi connectivity index (χ0) is 28.3. The van der Waals surface area contributed by atoms with Gasteiger partial charge in [-0.05, 0) is 32.9 Å². The number of nitrogens with zero attached hydrogens (tertiary/aromatic N) is 1. The molecule has 0 saturated carbocycles. The molecule has 1 aliphatic heterocycles.